The SMILES string of the molecule is CSNC(=O)c1cc(Cl)c(OC2CN(c3ccc(OC(F)(F)F)cc3)C2)cc1F. The van der Waals surface area contributed by atoms with Crippen LogP contribution in [0.25, 0.3) is 0 Å². The van der Waals surface area contributed by atoms with E-state index in [-0.39, 0.29) is 28.2 Å². The van der Waals surface area contributed by atoms with E-state index in [9.17, 15) is 22.4 Å². The predicted octanol–water partition coefficient (Wildman–Crippen LogP) is 4.65. The molecule has 0 spiro atoms. The summed E-state index contributed by atoms with van der Waals surface area (Å²) in [5.41, 5.74) is 0.508. The van der Waals surface area contributed by atoms with Crippen molar-refractivity contribution in [1.82, 2.24) is 4.72 Å². The smallest absolute Gasteiger partial charge is 0.485 e. The molecular weight excluding hydrogens is 436 g/mol. The standard InChI is InChI=1S/C18H15ClF4N2O3S/c1-29-24-17(26)13-6-14(19)16(7-15(13)20)27-12-8-25(9-12)10-2-4-11(5-3-10)28-18(21,22)23/h2-7,12H,8-9H2,1H3,(H,24,26). The lowest BCUT2D eigenvalue weighted by Crippen LogP contribution is -2.54. The molecule has 0 saturated carbocycles. The number of benzene rings is 2. The summed E-state index contributed by atoms with van der Waals surface area (Å²) in [4.78, 5) is 13.6. The average molecular weight is 451 g/mol. The van der Waals surface area contributed by atoms with Gasteiger partial charge in [0.05, 0.1) is 23.7 Å². The van der Waals surface area contributed by atoms with E-state index in [0.717, 1.165) is 18.0 Å². The van der Waals surface area contributed by atoms with E-state index in [1.165, 1.54) is 30.3 Å². The van der Waals surface area contributed by atoms with Crippen LogP contribution in [0.4, 0.5) is 23.2 Å². The molecular formula is C18H15ClF4N2O3S. The number of ether oxygens (including phenoxy) is 2. The van der Waals surface area contributed by atoms with Gasteiger partial charge in [-0.05, 0) is 30.3 Å². The monoisotopic (exact) mass is 450 g/mol. The largest absolute Gasteiger partial charge is 0.573 e. The predicted molar refractivity (Wildman–Crippen MR) is 102 cm³/mol. The molecule has 0 atom stereocenters. The summed E-state index contributed by atoms with van der Waals surface area (Å²) < 4.78 is 62.7. The molecule has 1 aliphatic rings. The maximum Gasteiger partial charge on any atom is 0.573 e. The van der Waals surface area contributed by atoms with E-state index in [0.29, 0.717) is 18.8 Å². The first kappa shape index (κ1) is 21.4. The fourth-order valence-corrected chi connectivity index (χ4v) is 3.21. The van der Waals surface area contributed by atoms with Crippen LogP contribution in [0.2, 0.25) is 5.02 Å². The zero-order valence-electron chi connectivity index (χ0n) is 14.9. The highest BCUT2D eigenvalue weighted by atomic mass is 35.5. The first-order valence-corrected chi connectivity index (χ1v) is 9.86. The minimum atomic E-state index is -4.74. The fraction of sp³-hybridized carbons (Fsp3) is 0.278. The van der Waals surface area contributed by atoms with Crippen molar-refractivity contribution < 1.29 is 31.8 Å². The molecule has 156 valence electrons. The number of anilines is 1. The van der Waals surface area contributed by atoms with Gasteiger partial charge in [-0.2, -0.15) is 0 Å². The molecule has 0 aliphatic carbocycles. The summed E-state index contributed by atoms with van der Waals surface area (Å²) in [6.07, 6.45) is -3.39. The second-order valence-electron chi connectivity index (χ2n) is 6.08. The average Bonchev–Trinajstić information content (AvgIpc) is 2.60. The van der Waals surface area contributed by atoms with Crippen LogP contribution in [0.5, 0.6) is 11.5 Å². The zero-order chi connectivity index (χ0) is 21.2. The van der Waals surface area contributed by atoms with Crippen LogP contribution in [-0.2, 0) is 0 Å². The Balaban J connectivity index is 1.58. The van der Waals surface area contributed by atoms with Crippen molar-refractivity contribution in [1.29, 1.82) is 0 Å². The van der Waals surface area contributed by atoms with Crippen molar-refractivity contribution >= 4 is 35.1 Å². The number of nitrogens with zero attached hydrogens (tertiary/aromatic N) is 1. The summed E-state index contributed by atoms with van der Waals surface area (Å²) in [7, 11) is 0. The second kappa shape index (κ2) is 8.58. The Bertz CT molecular complexity index is 890. The number of nitrogens with one attached hydrogen (secondary N) is 1. The molecule has 11 heteroatoms. The molecule has 1 N–H and O–H groups in total. The maximum atomic E-state index is 14.2. The number of carbonyl (C=O) groups excluding carboxylic acids is 1. The van der Waals surface area contributed by atoms with Crippen molar-refractivity contribution in [2.24, 2.45) is 0 Å². The summed E-state index contributed by atoms with van der Waals surface area (Å²) >= 11 is 7.14. The second-order valence-corrected chi connectivity index (χ2v) is 7.10. The molecule has 2 aromatic rings. The minimum absolute atomic E-state index is 0.102. The lowest BCUT2D eigenvalue weighted by molar-refractivity contribution is -0.274. The third kappa shape index (κ3) is 5.39. The quantitative estimate of drug-likeness (QED) is 0.512. The Morgan fingerprint density at radius 2 is 1.90 bits per heavy atom. The topological polar surface area (TPSA) is 50.8 Å². The normalized spacial score (nSPS) is 14.3. The Morgan fingerprint density at radius 1 is 1.24 bits per heavy atom. The lowest BCUT2D eigenvalue weighted by Gasteiger charge is -2.40. The molecule has 29 heavy (non-hydrogen) atoms. The number of rotatable bonds is 6. The number of alkyl halides is 3. The van der Waals surface area contributed by atoms with Crippen LogP contribution >= 0.6 is 23.5 Å². The molecule has 1 fully saturated rings. The van der Waals surface area contributed by atoms with Crippen molar-refractivity contribution in [3.63, 3.8) is 0 Å². The Labute approximate surface area is 173 Å². The molecule has 0 bridgehead atoms. The van der Waals surface area contributed by atoms with Gasteiger partial charge in [0.25, 0.3) is 5.91 Å². The summed E-state index contributed by atoms with van der Waals surface area (Å²) in [6.45, 7) is 0.873. The van der Waals surface area contributed by atoms with Crippen molar-refractivity contribution in [2.75, 3.05) is 24.2 Å². The van der Waals surface area contributed by atoms with Gasteiger partial charge in [0.15, 0.2) is 0 Å². The molecule has 1 amide bonds. The van der Waals surface area contributed by atoms with Crippen molar-refractivity contribution in [2.45, 2.75) is 12.5 Å². The van der Waals surface area contributed by atoms with Crippen LogP contribution in [0.1, 0.15) is 10.4 Å². The van der Waals surface area contributed by atoms with E-state index in [2.05, 4.69) is 9.46 Å². The summed E-state index contributed by atoms with van der Waals surface area (Å²) in [6, 6.07) is 7.71. The first-order valence-electron chi connectivity index (χ1n) is 8.26. The van der Waals surface area contributed by atoms with Gasteiger partial charge in [-0.3, -0.25) is 9.52 Å². The Hall–Kier alpha value is -2.33. The molecule has 0 aromatic heterocycles. The van der Waals surface area contributed by atoms with Crippen LogP contribution < -0.4 is 19.1 Å². The van der Waals surface area contributed by atoms with Crippen LogP contribution in [0.15, 0.2) is 36.4 Å². The van der Waals surface area contributed by atoms with Crippen LogP contribution in [0, 0.1) is 5.82 Å². The summed E-state index contributed by atoms with van der Waals surface area (Å²) in [5.74, 6) is -1.55. The highest BCUT2D eigenvalue weighted by Crippen LogP contribution is 2.32. The molecule has 0 radical (unpaired) electrons. The van der Waals surface area contributed by atoms with Gasteiger partial charge in [-0.25, -0.2) is 4.39 Å². The van der Waals surface area contributed by atoms with Gasteiger partial charge >= 0.3 is 6.36 Å². The molecule has 1 aliphatic heterocycles. The third-order valence-electron chi connectivity index (χ3n) is 4.04. The number of hydrogen-bond acceptors (Lipinski definition) is 5. The molecule has 3 rings (SSSR count). The van der Waals surface area contributed by atoms with Gasteiger partial charge in [0.2, 0.25) is 0 Å². The lowest BCUT2D eigenvalue weighted by atomic mass is 10.1. The van der Waals surface area contributed by atoms with E-state index in [1.54, 1.807) is 6.26 Å². The Kier molecular flexibility index (Phi) is 6.33. The van der Waals surface area contributed by atoms with Crippen LogP contribution in [0.3, 0.4) is 0 Å². The highest BCUT2D eigenvalue weighted by molar-refractivity contribution is 7.97. The van der Waals surface area contributed by atoms with Crippen molar-refractivity contribution in [3.8, 4) is 11.5 Å². The molecule has 2 aromatic carbocycles. The number of hydrogen-bond donors (Lipinski definition) is 1. The Morgan fingerprint density at radius 3 is 2.48 bits per heavy atom. The molecule has 1 heterocycles. The number of halogens is 5. The summed E-state index contributed by atoms with van der Waals surface area (Å²) in [5, 5.41) is 0.102. The minimum Gasteiger partial charge on any atom is -0.485 e. The van der Waals surface area contributed by atoms with Gasteiger partial charge in [-0.15, -0.1) is 13.2 Å². The van der Waals surface area contributed by atoms with E-state index in [1.807, 2.05) is 4.90 Å². The highest BCUT2D eigenvalue weighted by Gasteiger charge is 2.32. The van der Waals surface area contributed by atoms with Gasteiger partial charge < -0.3 is 14.4 Å². The van der Waals surface area contributed by atoms with E-state index >= 15 is 0 Å². The third-order valence-corrected chi connectivity index (χ3v) is 4.72. The molecule has 5 nitrogen and oxygen atoms in total. The van der Waals surface area contributed by atoms with Crippen LogP contribution in [-0.4, -0.2) is 37.7 Å². The van der Waals surface area contributed by atoms with Crippen molar-refractivity contribution in [3.05, 3.63) is 52.8 Å². The fourth-order valence-electron chi connectivity index (χ4n) is 2.70. The van der Waals surface area contributed by atoms with E-state index < -0.39 is 18.1 Å². The van der Waals surface area contributed by atoms with Gasteiger partial charge in [0, 0.05) is 18.0 Å². The molecule has 0 unspecified atom stereocenters. The van der Waals surface area contributed by atoms with Gasteiger partial charge in [-0.1, -0.05) is 23.5 Å². The first-order chi connectivity index (χ1) is 13.7. The maximum absolute atomic E-state index is 14.2. The van der Waals surface area contributed by atoms with E-state index in [4.69, 9.17) is 16.3 Å². The number of carbonyl (C=O) groups is 1. The zero-order valence-corrected chi connectivity index (χ0v) is 16.5. The van der Waals surface area contributed by atoms with Gasteiger partial charge in [0.1, 0.15) is 23.4 Å². The number of amides is 1. The molecule has 1 saturated heterocycles.